The van der Waals surface area contributed by atoms with Crippen molar-refractivity contribution in [3.05, 3.63) is 47.0 Å². The van der Waals surface area contributed by atoms with E-state index in [9.17, 15) is 35.4 Å². The van der Waals surface area contributed by atoms with Crippen molar-refractivity contribution >= 4 is 12.4 Å². The Balaban J connectivity index is 1.97. The van der Waals surface area contributed by atoms with Crippen LogP contribution in [0.5, 0.6) is 17.2 Å². The van der Waals surface area contributed by atoms with Crippen LogP contribution in [0.4, 0.5) is 0 Å². The number of aliphatic hydroxyl groups is 6. The Labute approximate surface area is 212 Å². The molecule has 2 aromatic rings. The van der Waals surface area contributed by atoms with E-state index >= 15 is 0 Å². The number of allylic oxidation sites excluding steroid dienone is 1. The molecule has 2 aliphatic rings. The molecule has 11 nitrogen and oxygen atoms in total. The Kier molecular flexibility index (Phi) is 8.14. The fourth-order valence-electron chi connectivity index (χ4n) is 4.85. The third-order valence-corrected chi connectivity index (χ3v) is 6.76. The van der Waals surface area contributed by atoms with Crippen LogP contribution in [0, 0.1) is 0 Å². The van der Waals surface area contributed by atoms with Crippen LogP contribution in [0.2, 0.25) is 0 Å². The molecular formula is C26H30O11. The van der Waals surface area contributed by atoms with Crippen molar-refractivity contribution in [1.29, 1.82) is 0 Å². The highest BCUT2D eigenvalue weighted by atomic mass is 16.7. The van der Waals surface area contributed by atoms with Crippen molar-refractivity contribution in [2.45, 2.75) is 42.7 Å². The normalized spacial score (nSPS) is 28.9. The summed E-state index contributed by atoms with van der Waals surface area (Å²) in [5.74, 6) is -0.150. The zero-order chi connectivity index (χ0) is 26.9. The maximum Gasteiger partial charge on any atom is 0.229 e. The van der Waals surface area contributed by atoms with Crippen LogP contribution in [-0.4, -0.2) is 95.1 Å². The molecule has 1 saturated heterocycles. The van der Waals surface area contributed by atoms with E-state index in [1.54, 1.807) is 24.3 Å². The second-order valence-electron chi connectivity index (χ2n) is 8.79. The molecule has 7 unspecified atom stereocenters. The summed E-state index contributed by atoms with van der Waals surface area (Å²) in [6, 6.07) is 6.67. The maximum atomic E-state index is 11.2. The molecule has 1 aliphatic carbocycles. The summed E-state index contributed by atoms with van der Waals surface area (Å²) in [4.78, 5) is 11.1. The molecule has 6 N–H and O–H groups in total. The minimum absolute atomic E-state index is 0.0339. The Bertz CT molecular complexity index is 1160. The number of fused-ring (bicyclic) bond motifs is 3. The van der Waals surface area contributed by atoms with E-state index in [-0.39, 0.29) is 11.5 Å². The van der Waals surface area contributed by atoms with E-state index in [0.29, 0.717) is 39.9 Å². The molecule has 2 aromatic carbocycles. The number of ether oxygens (including phenoxy) is 4. The van der Waals surface area contributed by atoms with Crippen LogP contribution in [0.3, 0.4) is 0 Å². The van der Waals surface area contributed by atoms with Gasteiger partial charge >= 0.3 is 0 Å². The third kappa shape index (κ3) is 4.71. The number of aliphatic hydroxyl groups excluding tert-OH is 6. The van der Waals surface area contributed by atoms with Crippen molar-refractivity contribution in [1.82, 2.24) is 0 Å². The van der Waals surface area contributed by atoms with Crippen molar-refractivity contribution in [3.8, 4) is 28.4 Å². The van der Waals surface area contributed by atoms with Gasteiger partial charge in [0.1, 0.15) is 36.5 Å². The number of hydrogen-bond donors (Lipinski definition) is 6. The average molecular weight is 519 g/mol. The molecule has 0 spiro atoms. The van der Waals surface area contributed by atoms with Crippen LogP contribution in [0.25, 0.3) is 17.2 Å². The number of rotatable bonds is 8. The van der Waals surface area contributed by atoms with Crippen LogP contribution >= 0.6 is 0 Å². The standard InChI is InChI=1S/C26H30O11/c1-34-13-5-6-14-16(9-13)20(30)17(10-28)15-8-12(4-3-7-27)24(35-2)25(19(14)15)37-26-23(33)22(32)21(31)18(11-29)36-26/h3-9,17-18,20-23,26,28-33H,10-11H2,1-2H3. The Hall–Kier alpha value is -3.03. The molecule has 0 aromatic heterocycles. The summed E-state index contributed by atoms with van der Waals surface area (Å²) in [5, 5.41) is 62.1. The van der Waals surface area contributed by atoms with Crippen molar-refractivity contribution in [3.63, 3.8) is 0 Å². The van der Waals surface area contributed by atoms with Crippen molar-refractivity contribution in [2.75, 3.05) is 27.4 Å². The van der Waals surface area contributed by atoms with E-state index < -0.39 is 55.9 Å². The third-order valence-electron chi connectivity index (χ3n) is 6.76. The SMILES string of the molecule is COc1ccc2c(c1)C(O)C(CO)c1cc(C=CC=O)c(OC)c(OC3OC(CO)C(O)C(O)C3O)c1-2. The van der Waals surface area contributed by atoms with Crippen LogP contribution in [0.1, 0.15) is 28.7 Å². The van der Waals surface area contributed by atoms with Gasteiger partial charge in [-0.05, 0) is 47.0 Å². The largest absolute Gasteiger partial charge is 0.497 e. The van der Waals surface area contributed by atoms with Gasteiger partial charge in [0.15, 0.2) is 11.5 Å². The van der Waals surface area contributed by atoms with Crippen LogP contribution in [0.15, 0.2) is 30.3 Å². The highest BCUT2D eigenvalue weighted by Gasteiger charge is 2.46. The molecular weight excluding hydrogens is 488 g/mol. The maximum absolute atomic E-state index is 11.2. The zero-order valence-electron chi connectivity index (χ0n) is 20.2. The van der Waals surface area contributed by atoms with Gasteiger partial charge in [-0.25, -0.2) is 0 Å². The summed E-state index contributed by atoms with van der Waals surface area (Å²) in [7, 11) is 2.85. The number of benzene rings is 2. The van der Waals surface area contributed by atoms with Gasteiger partial charge in [0, 0.05) is 17.0 Å². The number of aldehydes is 1. The van der Waals surface area contributed by atoms with Gasteiger partial charge in [-0.15, -0.1) is 0 Å². The molecule has 0 saturated carbocycles. The molecule has 1 heterocycles. The summed E-state index contributed by atoms with van der Waals surface area (Å²) >= 11 is 0. The fourth-order valence-corrected chi connectivity index (χ4v) is 4.85. The van der Waals surface area contributed by atoms with Crippen LogP contribution in [-0.2, 0) is 9.53 Å². The van der Waals surface area contributed by atoms with Gasteiger partial charge in [0.2, 0.25) is 6.29 Å². The molecule has 4 rings (SSSR count). The van der Waals surface area contributed by atoms with Gasteiger partial charge in [0.25, 0.3) is 0 Å². The lowest BCUT2D eigenvalue weighted by atomic mass is 9.75. The van der Waals surface area contributed by atoms with Gasteiger partial charge < -0.3 is 49.6 Å². The first-order valence-corrected chi connectivity index (χ1v) is 11.6. The zero-order valence-corrected chi connectivity index (χ0v) is 20.2. The number of hydrogen-bond acceptors (Lipinski definition) is 11. The molecule has 0 bridgehead atoms. The predicted molar refractivity (Wildman–Crippen MR) is 129 cm³/mol. The molecule has 200 valence electrons. The lowest BCUT2D eigenvalue weighted by Gasteiger charge is -2.40. The molecule has 11 heteroatoms. The monoisotopic (exact) mass is 518 g/mol. The summed E-state index contributed by atoms with van der Waals surface area (Å²) < 4.78 is 22.6. The minimum Gasteiger partial charge on any atom is -0.497 e. The first-order chi connectivity index (χ1) is 17.8. The quantitative estimate of drug-likeness (QED) is 0.203. The Morgan fingerprint density at radius 3 is 2.30 bits per heavy atom. The summed E-state index contributed by atoms with van der Waals surface area (Å²) in [5.41, 5.74) is 2.23. The molecule has 37 heavy (non-hydrogen) atoms. The van der Waals surface area contributed by atoms with Crippen molar-refractivity contribution < 1.29 is 54.4 Å². The summed E-state index contributed by atoms with van der Waals surface area (Å²) in [6.07, 6.45) is -5.59. The van der Waals surface area contributed by atoms with Gasteiger partial charge in [-0.2, -0.15) is 0 Å². The lowest BCUT2D eigenvalue weighted by Crippen LogP contribution is -2.60. The molecule has 0 radical (unpaired) electrons. The minimum atomic E-state index is -1.70. The molecule has 1 aliphatic heterocycles. The first kappa shape index (κ1) is 27.0. The molecule has 1 fully saturated rings. The van der Waals surface area contributed by atoms with E-state index in [0.717, 1.165) is 0 Å². The molecule has 0 amide bonds. The number of methoxy groups -OCH3 is 2. The lowest BCUT2D eigenvalue weighted by molar-refractivity contribution is -0.277. The van der Waals surface area contributed by atoms with E-state index in [2.05, 4.69) is 0 Å². The Morgan fingerprint density at radius 1 is 0.919 bits per heavy atom. The molecule has 7 atom stereocenters. The average Bonchev–Trinajstić information content (AvgIpc) is 2.91. The summed E-state index contributed by atoms with van der Waals surface area (Å²) in [6.45, 7) is -1.09. The highest BCUT2D eigenvalue weighted by molar-refractivity contribution is 5.87. The van der Waals surface area contributed by atoms with Gasteiger partial charge in [0.05, 0.1) is 33.5 Å². The first-order valence-electron chi connectivity index (χ1n) is 11.6. The van der Waals surface area contributed by atoms with E-state index in [1.165, 1.54) is 26.4 Å². The van der Waals surface area contributed by atoms with Gasteiger partial charge in [-0.1, -0.05) is 6.07 Å². The van der Waals surface area contributed by atoms with Crippen LogP contribution < -0.4 is 14.2 Å². The van der Waals surface area contributed by atoms with Crippen molar-refractivity contribution in [2.24, 2.45) is 0 Å². The van der Waals surface area contributed by atoms with E-state index in [1.807, 2.05) is 0 Å². The topological polar surface area (TPSA) is 175 Å². The predicted octanol–water partition coefficient (Wildman–Crippen LogP) is -0.116. The number of carbonyl (C=O) groups is 1. The Morgan fingerprint density at radius 2 is 1.68 bits per heavy atom. The second-order valence-corrected chi connectivity index (χ2v) is 8.79. The number of carbonyl (C=O) groups excluding carboxylic acids is 1. The van der Waals surface area contributed by atoms with E-state index in [4.69, 9.17) is 18.9 Å². The smallest absolute Gasteiger partial charge is 0.229 e. The fraction of sp³-hybridized carbons (Fsp3) is 0.423. The highest BCUT2D eigenvalue weighted by Crippen LogP contribution is 2.54. The second kappa shape index (κ2) is 11.2. The van der Waals surface area contributed by atoms with Gasteiger partial charge in [-0.3, -0.25) is 4.79 Å².